The zero-order valence-electron chi connectivity index (χ0n) is 16.0. The van der Waals surface area contributed by atoms with Crippen molar-refractivity contribution in [2.45, 2.75) is 11.4 Å². The quantitative estimate of drug-likeness (QED) is 0.530. The van der Waals surface area contributed by atoms with E-state index in [9.17, 15) is 22.4 Å². The summed E-state index contributed by atoms with van der Waals surface area (Å²) in [6.07, 6.45) is 1.09. The van der Waals surface area contributed by atoms with Crippen molar-refractivity contribution in [2.75, 3.05) is 20.0 Å². The first-order chi connectivity index (χ1) is 14.2. The molecule has 0 aliphatic rings. The molecule has 0 radical (unpaired) electrons. The fourth-order valence-corrected chi connectivity index (χ4v) is 4.34. The van der Waals surface area contributed by atoms with Crippen LogP contribution in [-0.2, 0) is 30.7 Å². The molecule has 1 heterocycles. The second kappa shape index (κ2) is 8.76. The summed E-state index contributed by atoms with van der Waals surface area (Å²) in [6.45, 7) is -0.605. The predicted molar refractivity (Wildman–Crippen MR) is 107 cm³/mol. The number of ether oxygens (including phenoxy) is 2. The molecule has 1 amide bonds. The van der Waals surface area contributed by atoms with Crippen molar-refractivity contribution in [3.8, 4) is 5.75 Å². The molecule has 0 bridgehead atoms. The largest absolute Gasteiger partial charge is 0.484 e. The number of aromatic nitrogens is 1. The summed E-state index contributed by atoms with van der Waals surface area (Å²) in [5.74, 6) is -1.32. The molecule has 3 rings (SSSR count). The molecule has 0 saturated carbocycles. The molecule has 3 aromatic rings. The highest BCUT2D eigenvalue weighted by Crippen LogP contribution is 2.22. The standard InChI is InChI=1S/C19H17FN2O6S2/c1-27-18(24)10-22-15-8-7-14(30(2,25)26)9-16(15)29-19(22)21-17(23)11-28-13-5-3-12(20)4-6-13/h3-9H,10-11H2,1-2H3. The summed E-state index contributed by atoms with van der Waals surface area (Å²) in [6, 6.07) is 9.59. The van der Waals surface area contributed by atoms with Gasteiger partial charge in [0.1, 0.15) is 18.1 Å². The summed E-state index contributed by atoms with van der Waals surface area (Å²) in [5, 5.41) is 0. The lowest BCUT2D eigenvalue weighted by Gasteiger charge is -2.05. The van der Waals surface area contributed by atoms with Crippen LogP contribution in [0.2, 0.25) is 0 Å². The Morgan fingerprint density at radius 3 is 2.50 bits per heavy atom. The lowest BCUT2D eigenvalue weighted by molar-refractivity contribution is -0.141. The smallest absolute Gasteiger partial charge is 0.325 e. The Bertz CT molecular complexity index is 1280. The monoisotopic (exact) mass is 452 g/mol. The molecular weight excluding hydrogens is 435 g/mol. The summed E-state index contributed by atoms with van der Waals surface area (Å²) in [5.41, 5.74) is 0.531. The highest BCUT2D eigenvalue weighted by molar-refractivity contribution is 7.90. The van der Waals surface area contributed by atoms with Gasteiger partial charge in [0.15, 0.2) is 21.2 Å². The van der Waals surface area contributed by atoms with Gasteiger partial charge in [-0.15, -0.1) is 0 Å². The molecule has 2 aromatic carbocycles. The highest BCUT2D eigenvalue weighted by Gasteiger charge is 2.15. The number of hydrogen-bond donors (Lipinski definition) is 0. The van der Waals surface area contributed by atoms with Gasteiger partial charge >= 0.3 is 5.97 Å². The normalized spacial score (nSPS) is 12.2. The third-order valence-electron chi connectivity index (χ3n) is 3.99. The topological polar surface area (TPSA) is 104 Å². The molecule has 0 spiro atoms. The molecule has 0 saturated heterocycles. The third kappa shape index (κ3) is 5.10. The summed E-state index contributed by atoms with van der Waals surface area (Å²) >= 11 is 1.06. The van der Waals surface area contributed by atoms with E-state index in [1.165, 1.54) is 48.1 Å². The number of methoxy groups -OCH3 is 1. The van der Waals surface area contributed by atoms with Gasteiger partial charge in [0.2, 0.25) is 0 Å². The van der Waals surface area contributed by atoms with E-state index in [1.807, 2.05) is 0 Å². The van der Waals surface area contributed by atoms with Crippen LogP contribution in [0.5, 0.6) is 5.75 Å². The number of benzene rings is 2. The van der Waals surface area contributed by atoms with Gasteiger partial charge < -0.3 is 14.0 Å². The maximum absolute atomic E-state index is 12.9. The molecule has 1 aromatic heterocycles. The van der Waals surface area contributed by atoms with Crippen LogP contribution in [0.3, 0.4) is 0 Å². The fourth-order valence-electron chi connectivity index (χ4n) is 2.53. The van der Waals surface area contributed by atoms with E-state index in [0.29, 0.717) is 16.0 Å². The van der Waals surface area contributed by atoms with Crippen LogP contribution in [-0.4, -0.2) is 44.8 Å². The molecule has 0 unspecified atom stereocenters. The molecule has 0 N–H and O–H groups in total. The Morgan fingerprint density at radius 2 is 1.87 bits per heavy atom. The van der Waals surface area contributed by atoms with Gasteiger partial charge in [0.05, 0.1) is 22.2 Å². The summed E-state index contributed by atoms with van der Waals surface area (Å²) in [4.78, 5) is 28.4. The van der Waals surface area contributed by atoms with E-state index in [1.54, 1.807) is 6.07 Å². The van der Waals surface area contributed by atoms with E-state index in [-0.39, 0.29) is 16.2 Å². The van der Waals surface area contributed by atoms with E-state index < -0.39 is 34.1 Å². The van der Waals surface area contributed by atoms with Crippen molar-refractivity contribution in [1.82, 2.24) is 4.57 Å². The van der Waals surface area contributed by atoms with Crippen LogP contribution < -0.4 is 9.54 Å². The average Bonchev–Trinajstić information content (AvgIpc) is 3.03. The second-order valence-corrected chi connectivity index (χ2v) is 9.22. The van der Waals surface area contributed by atoms with Gasteiger partial charge in [0.25, 0.3) is 5.91 Å². The van der Waals surface area contributed by atoms with E-state index in [0.717, 1.165) is 17.6 Å². The lowest BCUT2D eigenvalue weighted by atomic mass is 10.3. The molecule has 30 heavy (non-hydrogen) atoms. The fraction of sp³-hybridized carbons (Fsp3) is 0.211. The lowest BCUT2D eigenvalue weighted by Crippen LogP contribution is -2.23. The SMILES string of the molecule is COC(=O)Cn1c(=NC(=O)COc2ccc(F)cc2)sc2cc(S(C)(=O)=O)ccc21. The number of amides is 1. The number of rotatable bonds is 6. The maximum Gasteiger partial charge on any atom is 0.325 e. The van der Waals surface area contributed by atoms with E-state index >= 15 is 0 Å². The molecule has 0 atom stereocenters. The number of carbonyl (C=O) groups is 2. The van der Waals surface area contributed by atoms with Crippen LogP contribution in [0.25, 0.3) is 10.2 Å². The first-order valence-electron chi connectivity index (χ1n) is 8.53. The van der Waals surface area contributed by atoms with Crippen LogP contribution in [0, 0.1) is 5.82 Å². The van der Waals surface area contributed by atoms with Gasteiger partial charge in [-0.2, -0.15) is 4.99 Å². The number of fused-ring (bicyclic) bond motifs is 1. The molecule has 0 aliphatic heterocycles. The summed E-state index contributed by atoms with van der Waals surface area (Å²) in [7, 11) is -2.20. The molecule has 11 heteroatoms. The van der Waals surface area contributed by atoms with Crippen molar-refractivity contribution < 1.29 is 31.9 Å². The highest BCUT2D eigenvalue weighted by atomic mass is 32.2. The molecule has 158 valence electrons. The Morgan fingerprint density at radius 1 is 1.17 bits per heavy atom. The third-order valence-corrected chi connectivity index (χ3v) is 6.14. The molecular formula is C19H17FN2O6S2. The van der Waals surface area contributed by atoms with Gasteiger partial charge in [-0.3, -0.25) is 9.59 Å². The van der Waals surface area contributed by atoms with Crippen molar-refractivity contribution in [3.05, 3.63) is 53.1 Å². The number of sulfone groups is 1. The first-order valence-corrected chi connectivity index (χ1v) is 11.2. The van der Waals surface area contributed by atoms with Crippen LogP contribution in [0.4, 0.5) is 4.39 Å². The zero-order chi connectivity index (χ0) is 21.9. The molecule has 0 fully saturated rings. The van der Waals surface area contributed by atoms with Gasteiger partial charge in [0, 0.05) is 6.26 Å². The Labute approximate surface area is 175 Å². The molecule has 8 nitrogen and oxygen atoms in total. The van der Waals surface area contributed by atoms with Gasteiger partial charge in [-0.05, 0) is 42.5 Å². The van der Waals surface area contributed by atoms with E-state index in [4.69, 9.17) is 9.47 Å². The van der Waals surface area contributed by atoms with Crippen molar-refractivity contribution in [3.63, 3.8) is 0 Å². The van der Waals surface area contributed by atoms with Crippen LogP contribution >= 0.6 is 11.3 Å². The maximum atomic E-state index is 12.9. The van der Waals surface area contributed by atoms with Gasteiger partial charge in [-0.1, -0.05) is 11.3 Å². The Balaban J connectivity index is 1.96. The van der Waals surface area contributed by atoms with Crippen LogP contribution in [0.15, 0.2) is 52.4 Å². The first kappa shape index (κ1) is 21.7. The van der Waals surface area contributed by atoms with Gasteiger partial charge in [-0.25, -0.2) is 12.8 Å². The van der Waals surface area contributed by atoms with Crippen molar-refractivity contribution in [2.24, 2.45) is 4.99 Å². The zero-order valence-corrected chi connectivity index (χ0v) is 17.6. The molecule has 0 aliphatic carbocycles. The number of esters is 1. The predicted octanol–water partition coefficient (Wildman–Crippen LogP) is 1.92. The number of hydrogen-bond acceptors (Lipinski definition) is 7. The number of carbonyl (C=O) groups excluding carboxylic acids is 2. The Kier molecular flexibility index (Phi) is 6.32. The van der Waals surface area contributed by atoms with Crippen LogP contribution in [0.1, 0.15) is 0 Å². The number of nitrogens with zero attached hydrogens (tertiary/aromatic N) is 2. The number of thiazole rings is 1. The van der Waals surface area contributed by atoms with Crippen molar-refractivity contribution in [1.29, 1.82) is 0 Å². The van der Waals surface area contributed by atoms with Crippen molar-refractivity contribution >= 4 is 43.3 Å². The summed E-state index contributed by atoms with van der Waals surface area (Å²) < 4.78 is 48.6. The number of halogens is 1. The average molecular weight is 452 g/mol. The van der Waals surface area contributed by atoms with E-state index in [2.05, 4.69) is 4.99 Å². The minimum Gasteiger partial charge on any atom is -0.484 e. The minimum atomic E-state index is -3.43. The minimum absolute atomic E-state index is 0.110. The Hall–Kier alpha value is -3.05. The second-order valence-electron chi connectivity index (χ2n) is 6.20.